The van der Waals surface area contributed by atoms with Crippen LogP contribution in [0.15, 0.2) is 0 Å². The molecule has 0 aliphatic carbocycles. The van der Waals surface area contributed by atoms with Crippen molar-refractivity contribution >= 4 is 52.0 Å². The van der Waals surface area contributed by atoms with Crippen molar-refractivity contribution < 1.29 is 0 Å². The van der Waals surface area contributed by atoms with Gasteiger partial charge in [-0.15, -0.1) is 0 Å². The van der Waals surface area contributed by atoms with Crippen molar-refractivity contribution in [1.29, 1.82) is 0 Å². The zero-order chi connectivity index (χ0) is 11.3. The molecule has 0 spiro atoms. The van der Waals surface area contributed by atoms with E-state index in [-0.39, 0.29) is 0 Å². The Morgan fingerprint density at radius 3 is 0.929 bits per heavy atom. The standard InChI is InChI=1S/C6H18N4P2Te2/c1-7-8(2)12(6,14)10(4)9(3)11(7,5)13/h1-6H3. The van der Waals surface area contributed by atoms with Crippen molar-refractivity contribution in [1.82, 2.24) is 19.1 Å². The molecule has 14 heavy (non-hydrogen) atoms. The van der Waals surface area contributed by atoms with Gasteiger partial charge in [-0.25, -0.2) is 0 Å². The second-order valence-corrected chi connectivity index (χ2v) is 21.1. The van der Waals surface area contributed by atoms with Gasteiger partial charge in [0, 0.05) is 0 Å². The summed E-state index contributed by atoms with van der Waals surface area (Å²) in [6, 6.07) is 0. The van der Waals surface area contributed by atoms with E-state index in [1.54, 1.807) is 0 Å². The first kappa shape index (κ1) is 14.3. The minimum atomic E-state index is -1.15. The van der Waals surface area contributed by atoms with Crippen LogP contribution in [0, 0.1) is 0 Å². The van der Waals surface area contributed by atoms with Gasteiger partial charge in [-0.3, -0.25) is 0 Å². The summed E-state index contributed by atoms with van der Waals surface area (Å²) in [7, 11) is 8.85. The Labute approximate surface area is 112 Å². The molecule has 1 rings (SSSR count). The van der Waals surface area contributed by atoms with Crippen LogP contribution < -0.4 is 0 Å². The molecule has 1 aliphatic heterocycles. The Morgan fingerprint density at radius 2 is 0.786 bits per heavy atom. The van der Waals surface area contributed by atoms with Gasteiger partial charge in [0.05, 0.1) is 0 Å². The first-order valence-corrected chi connectivity index (χ1v) is 14.6. The van der Waals surface area contributed by atoms with Crippen molar-refractivity contribution in [3.8, 4) is 0 Å². The molecule has 0 unspecified atom stereocenters. The summed E-state index contributed by atoms with van der Waals surface area (Å²) < 4.78 is 9.75. The Hall–Kier alpha value is 2.28. The Balaban J connectivity index is 3.21. The molecule has 0 aromatic heterocycles. The predicted molar refractivity (Wildman–Crippen MR) is 68.2 cm³/mol. The Bertz CT molecular complexity index is 278. The fourth-order valence-electron chi connectivity index (χ4n) is 1.34. The summed E-state index contributed by atoms with van der Waals surface area (Å²) in [6.45, 7) is 4.70. The zero-order valence-electron chi connectivity index (χ0n) is 9.50. The van der Waals surface area contributed by atoms with Crippen LogP contribution in [0.25, 0.3) is 0 Å². The molecule has 1 heterocycles. The molecule has 0 bridgehead atoms. The van der Waals surface area contributed by atoms with Gasteiger partial charge in [0.25, 0.3) is 0 Å². The first-order valence-electron chi connectivity index (χ1n) is 4.25. The van der Waals surface area contributed by atoms with Crippen LogP contribution in [0.3, 0.4) is 0 Å². The molecule has 1 aliphatic rings. The molecule has 0 aromatic rings. The summed E-state index contributed by atoms with van der Waals surface area (Å²) >= 11 is 4.53. The van der Waals surface area contributed by atoms with Crippen molar-refractivity contribution in [2.75, 3.05) is 41.5 Å². The van der Waals surface area contributed by atoms with Gasteiger partial charge < -0.3 is 0 Å². The van der Waals surface area contributed by atoms with Crippen LogP contribution in [0.5, 0.6) is 0 Å². The fraction of sp³-hybridized carbons (Fsp3) is 1.00. The van der Waals surface area contributed by atoms with Gasteiger partial charge in [0.1, 0.15) is 0 Å². The maximum atomic E-state index is 2.44. The van der Waals surface area contributed by atoms with Gasteiger partial charge in [-0.2, -0.15) is 0 Å². The third-order valence-corrected chi connectivity index (χ3v) is 16.7. The van der Waals surface area contributed by atoms with Crippen molar-refractivity contribution in [3.05, 3.63) is 0 Å². The average molecular weight is 463 g/mol. The molecule has 0 atom stereocenters. The molecule has 84 valence electrons. The molecule has 8 heteroatoms. The van der Waals surface area contributed by atoms with E-state index in [9.17, 15) is 0 Å². The Kier molecular flexibility index (Phi) is 4.62. The first-order chi connectivity index (χ1) is 6.13. The monoisotopic (exact) mass is 468 g/mol. The fourth-order valence-corrected chi connectivity index (χ4v) is 11.6. The molecule has 0 aromatic carbocycles. The topological polar surface area (TPSA) is 13.0 Å². The number of hydrogen-bond donors (Lipinski definition) is 0. The van der Waals surface area contributed by atoms with E-state index in [1.165, 1.54) is 0 Å². The molecule has 0 radical (unpaired) electrons. The molecule has 4 nitrogen and oxygen atoms in total. The van der Waals surface area contributed by atoms with Crippen LogP contribution in [-0.2, 0) is 0 Å². The second-order valence-electron chi connectivity index (χ2n) is 3.63. The SMILES string of the molecule is CN1N(C)P(C)(=[Te])N(C)N(C)P1(C)=[Te]. The van der Waals surface area contributed by atoms with Gasteiger partial charge >= 0.3 is 113 Å². The van der Waals surface area contributed by atoms with Gasteiger partial charge in [0.15, 0.2) is 0 Å². The molecule has 1 fully saturated rings. The van der Waals surface area contributed by atoms with Crippen molar-refractivity contribution in [3.63, 3.8) is 0 Å². The van der Waals surface area contributed by atoms with Crippen LogP contribution in [0.2, 0.25) is 0 Å². The summed E-state index contributed by atoms with van der Waals surface area (Å²) in [5.41, 5.74) is 0. The van der Waals surface area contributed by atoms with Gasteiger partial charge in [0.2, 0.25) is 0 Å². The quantitative estimate of drug-likeness (QED) is 0.387. The molecule has 0 N–H and O–H groups in total. The van der Waals surface area contributed by atoms with Crippen LogP contribution in [0.1, 0.15) is 0 Å². The van der Waals surface area contributed by atoms with E-state index in [4.69, 9.17) is 0 Å². The molecule has 1 saturated heterocycles. The van der Waals surface area contributed by atoms with E-state index in [0.29, 0.717) is 0 Å². The molecule has 0 saturated carbocycles. The van der Waals surface area contributed by atoms with Crippen LogP contribution >= 0.6 is 9.58 Å². The maximum absolute atomic E-state index is 2.44. The third kappa shape index (κ3) is 2.14. The van der Waals surface area contributed by atoms with E-state index >= 15 is 0 Å². The van der Waals surface area contributed by atoms with Crippen molar-refractivity contribution in [2.24, 2.45) is 0 Å². The van der Waals surface area contributed by atoms with Gasteiger partial charge in [-0.1, -0.05) is 0 Å². The average Bonchev–Trinajstić information content (AvgIpc) is 2.11. The summed E-state index contributed by atoms with van der Waals surface area (Å²) in [5.74, 6) is 0. The third-order valence-electron chi connectivity index (χ3n) is 2.99. The summed E-state index contributed by atoms with van der Waals surface area (Å²) in [6.07, 6.45) is 0. The summed E-state index contributed by atoms with van der Waals surface area (Å²) in [4.78, 5) is -2.31. The van der Waals surface area contributed by atoms with Crippen molar-refractivity contribution in [2.45, 2.75) is 0 Å². The van der Waals surface area contributed by atoms with Crippen LogP contribution in [-0.4, -0.2) is 103 Å². The van der Waals surface area contributed by atoms with E-state index < -0.39 is 9.58 Å². The second kappa shape index (κ2) is 4.51. The minimum absolute atomic E-state index is 1.15. The number of rotatable bonds is 0. The molecular weight excluding hydrogens is 445 g/mol. The summed E-state index contributed by atoms with van der Waals surface area (Å²) in [5, 5.41) is 0. The van der Waals surface area contributed by atoms with E-state index in [2.05, 4.69) is 103 Å². The zero-order valence-corrected chi connectivity index (χ0v) is 15.9. The van der Waals surface area contributed by atoms with Crippen LogP contribution in [0.4, 0.5) is 0 Å². The van der Waals surface area contributed by atoms with E-state index in [0.717, 1.165) is 0 Å². The van der Waals surface area contributed by atoms with E-state index in [1.807, 2.05) is 0 Å². The molecular formula is C6H18N4P2Te2. The van der Waals surface area contributed by atoms with Gasteiger partial charge in [-0.05, 0) is 0 Å². The number of hydrazine groups is 2. The molecule has 0 amide bonds. The number of hydrogen-bond acceptors (Lipinski definition) is 4. The normalized spacial score (nSPS) is 44.4. The Morgan fingerprint density at radius 1 is 0.643 bits per heavy atom. The number of nitrogens with zero attached hydrogens (tertiary/aromatic N) is 4. The predicted octanol–water partition coefficient (Wildman–Crippen LogP) is 0.679.